The molecule has 3 aromatic carbocycles. The molecule has 4 rings (SSSR count). The lowest BCUT2D eigenvalue weighted by atomic mass is 10.1. The van der Waals surface area contributed by atoms with Crippen LogP contribution < -0.4 is 4.74 Å². The highest BCUT2D eigenvalue weighted by molar-refractivity contribution is 6.30. The van der Waals surface area contributed by atoms with Gasteiger partial charge in [-0.15, -0.1) is 0 Å². The Bertz CT molecular complexity index is 1140. The molecule has 0 fully saturated rings. The van der Waals surface area contributed by atoms with Crippen LogP contribution in [0.5, 0.6) is 5.75 Å². The number of benzene rings is 3. The van der Waals surface area contributed by atoms with Gasteiger partial charge in [-0.05, 0) is 36.4 Å². The molecule has 0 aliphatic carbocycles. The number of carbonyl (C=O) groups excluding carboxylic acids is 1. The molecule has 0 N–H and O–H groups in total. The Balaban J connectivity index is 1.56. The highest BCUT2D eigenvalue weighted by Crippen LogP contribution is 2.26. The minimum absolute atomic E-state index is 0.0242. The lowest BCUT2D eigenvalue weighted by molar-refractivity contribution is -0.132. The maximum absolute atomic E-state index is 12.6. The Labute approximate surface area is 186 Å². The normalized spacial score (nSPS) is 10.6. The smallest absolute Gasteiger partial charge is 0.260 e. The summed E-state index contributed by atoms with van der Waals surface area (Å²) >= 11 is 6.06. The number of hydrogen-bond donors (Lipinski definition) is 0. The Morgan fingerprint density at radius 1 is 0.968 bits per heavy atom. The van der Waals surface area contributed by atoms with Gasteiger partial charge in [0.1, 0.15) is 5.75 Å². The number of rotatable bonds is 7. The third kappa shape index (κ3) is 5.13. The van der Waals surface area contributed by atoms with E-state index in [1.165, 1.54) is 0 Å². The van der Waals surface area contributed by atoms with Gasteiger partial charge in [-0.2, -0.15) is 5.10 Å². The number of halogens is 1. The van der Waals surface area contributed by atoms with Crippen LogP contribution in [0.15, 0.2) is 91.1 Å². The highest BCUT2D eigenvalue weighted by Gasteiger charge is 2.17. The lowest BCUT2D eigenvalue weighted by Gasteiger charge is -2.17. The van der Waals surface area contributed by atoms with Crippen LogP contribution in [-0.2, 0) is 11.3 Å². The molecule has 0 unspecified atom stereocenters. The van der Waals surface area contributed by atoms with Gasteiger partial charge in [-0.3, -0.25) is 4.79 Å². The quantitative estimate of drug-likeness (QED) is 0.402. The van der Waals surface area contributed by atoms with Gasteiger partial charge in [-0.1, -0.05) is 60.1 Å². The summed E-state index contributed by atoms with van der Waals surface area (Å²) < 4.78 is 7.43. The Hall–Kier alpha value is -3.57. The number of para-hydroxylation sites is 2. The molecule has 0 bridgehead atoms. The van der Waals surface area contributed by atoms with Crippen molar-refractivity contribution in [2.75, 3.05) is 13.7 Å². The second kappa shape index (κ2) is 9.49. The maximum atomic E-state index is 12.6. The summed E-state index contributed by atoms with van der Waals surface area (Å²) in [6.07, 6.45) is 1.96. The first-order valence-corrected chi connectivity index (χ1v) is 10.3. The van der Waals surface area contributed by atoms with Crippen molar-refractivity contribution in [3.8, 4) is 22.7 Å². The van der Waals surface area contributed by atoms with E-state index in [0.29, 0.717) is 17.3 Å². The van der Waals surface area contributed by atoms with E-state index in [9.17, 15) is 4.79 Å². The number of likely N-dealkylation sites (N-methyl/N-ethyl adjacent to an activating group) is 1. The molecule has 1 heterocycles. The topological polar surface area (TPSA) is 47.4 Å². The summed E-state index contributed by atoms with van der Waals surface area (Å²) in [5, 5.41) is 5.46. The molecule has 1 amide bonds. The average molecular weight is 432 g/mol. The van der Waals surface area contributed by atoms with Crippen LogP contribution in [-0.4, -0.2) is 34.2 Å². The molecule has 0 radical (unpaired) electrons. The van der Waals surface area contributed by atoms with E-state index in [2.05, 4.69) is 0 Å². The minimum Gasteiger partial charge on any atom is -0.484 e. The molecule has 0 aliphatic rings. The van der Waals surface area contributed by atoms with Crippen molar-refractivity contribution in [1.82, 2.24) is 14.7 Å². The molecule has 5 nitrogen and oxygen atoms in total. The van der Waals surface area contributed by atoms with Crippen molar-refractivity contribution in [2.24, 2.45) is 0 Å². The fourth-order valence-corrected chi connectivity index (χ4v) is 3.33. The van der Waals surface area contributed by atoms with E-state index in [4.69, 9.17) is 21.4 Å². The molecule has 156 valence electrons. The van der Waals surface area contributed by atoms with E-state index in [1.54, 1.807) is 11.9 Å². The summed E-state index contributed by atoms with van der Waals surface area (Å²) in [7, 11) is 1.77. The molecule has 6 heteroatoms. The maximum Gasteiger partial charge on any atom is 0.260 e. The summed E-state index contributed by atoms with van der Waals surface area (Å²) in [6, 6.07) is 26.7. The molecule has 0 saturated heterocycles. The van der Waals surface area contributed by atoms with Crippen LogP contribution in [0.25, 0.3) is 16.9 Å². The van der Waals surface area contributed by atoms with Crippen LogP contribution >= 0.6 is 11.6 Å². The number of hydrogen-bond acceptors (Lipinski definition) is 3. The van der Waals surface area contributed by atoms with Gasteiger partial charge in [0.2, 0.25) is 0 Å². The lowest BCUT2D eigenvalue weighted by Crippen LogP contribution is -2.31. The van der Waals surface area contributed by atoms with Crippen molar-refractivity contribution in [1.29, 1.82) is 0 Å². The zero-order valence-electron chi connectivity index (χ0n) is 17.1. The average Bonchev–Trinajstić information content (AvgIpc) is 3.23. The van der Waals surface area contributed by atoms with E-state index in [-0.39, 0.29) is 12.5 Å². The molecule has 31 heavy (non-hydrogen) atoms. The molecule has 4 aromatic rings. The van der Waals surface area contributed by atoms with Crippen molar-refractivity contribution in [3.05, 3.63) is 102 Å². The number of ether oxygens (including phenoxy) is 1. The van der Waals surface area contributed by atoms with Crippen molar-refractivity contribution < 1.29 is 9.53 Å². The zero-order valence-corrected chi connectivity index (χ0v) is 17.9. The van der Waals surface area contributed by atoms with Crippen LogP contribution in [0.3, 0.4) is 0 Å². The molecule has 0 atom stereocenters. The first kappa shape index (κ1) is 20.7. The van der Waals surface area contributed by atoms with Crippen LogP contribution in [0, 0.1) is 0 Å². The zero-order chi connectivity index (χ0) is 21.6. The third-order valence-electron chi connectivity index (χ3n) is 4.87. The standard InChI is InChI=1S/C25H22ClN3O2/c1-28(24(30)18-31-23-10-6-3-7-11-23)16-20-17-29(22-8-4-2-5-9-22)27-25(20)19-12-14-21(26)15-13-19/h2-15,17H,16,18H2,1H3. The van der Waals surface area contributed by atoms with Gasteiger partial charge >= 0.3 is 0 Å². The largest absolute Gasteiger partial charge is 0.484 e. The van der Waals surface area contributed by atoms with E-state index >= 15 is 0 Å². The van der Waals surface area contributed by atoms with Gasteiger partial charge in [0.15, 0.2) is 6.61 Å². The first-order valence-electron chi connectivity index (χ1n) is 9.92. The van der Waals surface area contributed by atoms with Crippen LogP contribution in [0.4, 0.5) is 0 Å². The van der Waals surface area contributed by atoms with Gasteiger partial charge in [0.25, 0.3) is 5.91 Å². The predicted molar refractivity (Wildman–Crippen MR) is 122 cm³/mol. The van der Waals surface area contributed by atoms with E-state index in [1.807, 2.05) is 95.8 Å². The molecular weight excluding hydrogens is 410 g/mol. The second-order valence-corrected chi connectivity index (χ2v) is 7.58. The van der Waals surface area contributed by atoms with Crippen LogP contribution in [0.1, 0.15) is 5.56 Å². The van der Waals surface area contributed by atoms with E-state index < -0.39 is 0 Å². The van der Waals surface area contributed by atoms with E-state index in [0.717, 1.165) is 22.5 Å². The molecule has 0 aliphatic heterocycles. The fraction of sp³-hybridized carbons (Fsp3) is 0.120. The molecular formula is C25H22ClN3O2. The fourth-order valence-electron chi connectivity index (χ4n) is 3.20. The Morgan fingerprint density at radius 3 is 2.29 bits per heavy atom. The second-order valence-electron chi connectivity index (χ2n) is 7.14. The first-order chi connectivity index (χ1) is 15.1. The van der Waals surface area contributed by atoms with Gasteiger partial charge in [-0.25, -0.2) is 4.68 Å². The van der Waals surface area contributed by atoms with Crippen molar-refractivity contribution in [3.63, 3.8) is 0 Å². The van der Waals surface area contributed by atoms with Gasteiger partial charge in [0, 0.05) is 35.9 Å². The van der Waals surface area contributed by atoms with Crippen molar-refractivity contribution >= 4 is 17.5 Å². The van der Waals surface area contributed by atoms with Crippen LogP contribution in [0.2, 0.25) is 5.02 Å². The monoisotopic (exact) mass is 431 g/mol. The Morgan fingerprint density at radius 2 is 1.61 bits per heavy atom. The predicted octanol–water partition coefficient (Wildman–Crippen LogP) is 5.23. The number of carbonyl (C=O) groups is 1. The molecule has 1 aromatic heterocycles. The Kier molecular flexibility index (Phi) is 6.34. The number of nitrogens with zero attached hydrogens (tertiary/aromatic N) is 3. The summed E-state index contributed by atoms with van der Waals surface area (Å²) in [6.45, 7) is 0.380. The summed E-state index contributed by atoms with van der Waals surface area (Å²) in [5.41, 5.74) is 3.63. The summed E-state index contributed by atoms with van der Waals surface area (Å²) in [5.74, 6) is 0.557. The minimum atomic E-state index is -0.113. The summed E-state index contributed by atoms with van der Waals surface area (Å²) in [4.78, 5) is 14.3. The third-order valence-corrected chi connectivity index (χ3v) is 5.12. The number of amides is 1. The van der Waals surface area contributed by atoms with Gasteiger partial charge < -0.3 is 9.64 Å². The molecule has 0 saturated carbocycles. The SMILES string of the molecule is CN(Cc1cn(-c2ccccc2)nc1-c1ccc(Cl)cc1)C(=O)COc1ccccc1. The number of aromatic nitrogens is 2. The van der Waals surface area contributed by atoms with Gasteiger partial charge in [0.05, 0.1) is 11.4 Å². The highest BCUT2D eigenvalue weighted by atomic mass is 35.5. The van der Waals surface area contributed by atoms with Crippen molar-refractivity contribution in [2.45, 2.75) is 6.54 Å². The molecule has 0 spiro atoms.